The molecule has 0 aliphatic rings. The van der Waals surface area contributed by atoms with Crippen LogP contribution in [0.5, 0.6) is 0 Å². The third-order valence-electron chi connectivity index (χ3n) is 2.45. The van der Waals surface area contributed by atoms with E-state index in [2.05, 4.69) is 29.7 Å². The van der Waals surface area contributed by atoms with Gasteiger partial charge in [0.2, 0.25) is 0 Å². The van der Waals surface area contributed by atoms with Crippen molar-refractivity contribution in [2.45, 2.75) is 26.3 Å². The maximum atomic E-state index is 9.01. The van der Waals surface area contributed by atoms with Gasteiger partial charge in [-0.05, 0) is 25.1 Å². The van der Waals surface area contributed by atoms with Crippen molar-refractivity contribution in [3.63, 3.8) is 0 Å². The van der Waals surface area contributed by atoms with Crippen LogP contribution in [0.1, 0.15) is 29.5 Å². The van der Waals surface area contributed by atoms with Crippen molar-refractivity contribution in [1.29, 1.82) is 0 Å². The molecule has 100 valence electrons. The Bertz CT molecular complexity index is 386. The minimum atomic E-state index is 0.117. The number of hydrogen-bond donors (Lipinski definition) is 2. The molecule has 0 bridgehead atoms. The number of aliphatic hydroxyl groups is 2. The second-order valence-electron chi connectivity index (χ2n) is 4.04. The van der Waals surface area contributed by atoms with Gasteiger partial charge in [-0.1, -0.05) is 18.8 Å². The molecule has 0 aromatic carbocycles. The van der Waals surface area contributed by atoms with E-state index in [-0.39, 0.29) is 13.2 Å². The summed E-state index contributed by atoms with van der Waals surface area (Å²) in [5.41, 5.74) is 0. The van der Waals surface area contributed by atoms with Crippen LogP contribution in [0.15, 0.2) is 12.1 Å². The van der Waals surface area contributed by atoms with Gasteiger partial charge in [0.1, 0.15) is 0 Å². The molecule has 0 aliphatic heterocycles. The highest BCUT2D eigenvalue weighted by Gasteiger charge is 2.06. The van der Waals surface area contributed by atoms with Crippen LogP contribution in [0.2, 0.25) is 0 Å². The molecule has 2 N–H and O–H groups in total. The van der Waals surface area contributed by atoms with Gasteiger partial charge in [-0.3, -0.25) is 4.90 Å². The van der Waals surface area contributed by atoms with Crippen molar-refractivity contribution in [2.75, 3.05) is 26.3 Å². The lowest BCUT2D eigenvalue weighted by Crippen LogP contribution is -2.26. The SMILES string of the molecule is CCCN(CCO)Cc1ccc(C#CCCO)s1. The molecule has 0 saturated carbocycles. The smallest absolute Gasteiger partial charge is 0.0771 e. The fraction of sp³-hybridized carbons (Fsp3) is 0.571. The summed E-state index contributed by atoms with van der Waals surface area (Å²) < 4.78 is 0. The lowest BCUT2D eigenvalue weighted by molar-refractivity contribution is 0.191. The highest BCUT2D eigenvalue weighted by molar-refractivity contribution is 7.12. The highest BCUT2D eigenvalue weighted by atomic mass is 32.1. The fourth-order valence-electron chi connectivity index (χ4n) is 1.68. The average molecular weight is 267 g/mol. The fourth-order valence-corrected chi connectivity index (χ4v) is 2.61. The molecule has 1 heterocycles. The summed E-state index contributed by atoms with van der Waals surface area (Å²) in [6.45, 7) is 5.06. The van der Waals surface area contributed by atoms with Crippen LogP contribution >= 0.6 is 11.3 Å². The van der Waals surface area contributed by atoms with Crippen molar-refractivity contribution in [3.05, 3.63) is 21.9 Å². The van der Waals surface area contributed by atoms with Crippen molar-refractivity contribution >= 4 is 11.3 Å². The van der Waals surface area contributed by atoms with Gasteiger partial charge in [0.05, 0.1) is 18.1 Å². The topological polar surface area (TPSA) is 43.7 Å². The first-order valence-corrected chi connectivity index (χ1v) is 7.13. The van der Waals surface area contributed by atoms with E-state index in [1.165, 1.54) is 4.88 Å². The molecular formula is C14H21NO2S. The van der Waals surface area contributed by atoms with Gasteiger partial charge in [0.15, 0.2) is 0 Å². The van der Waals surface area contributed by atoms with Crippen molar-refractivity contribution in [3.8, 4) is 11.8 Å². The third kappa shape index (κ3) is 5.65. The van der Waals surface area contributed by atoms with E-state index in [4.69, 9.17) is 10.2 Å². The summed E-state index contributed by atoms with van der Waals surface area (Å²) in [6.07, 6.45) is 1.62. The molecule has 0 fully saturated rings. The average Bonchev–Trinajstić information content (AvgIpc) is 2.78. The van der Waals surface area contributed by atoms with E-state index in [0.717, 1.165) is 30.9 Å². The normalized spacial score (nSPS) is 10.4. The summed E-state index contributed by atoms with van der Waals surface area (Å²) in [6, 6.07) is 4.11. The lowest BCUT2D eigenvalue weighted by Gasteiger charge is -2.19. The first kappa shape index (κ1) is 15.2. The van der Waals surface area contributed by atoms with Gasteiger partial charge in [0, 0.05) is 24.4 Å². The summed E-state index contributed by atoms with van der Waals surface area (Å²) in [5.74, 6) is 5.97. The second-order valence-corrected chi connectivity index (χ2v) is 5.21. The van der Waals surface area contributed by atoms with Crippen molar-refractivity contribution < 1.29 is 10.2 Å². The Morgan fingerprint density at radius 2 is 2.06 bits per heavy atom. The summed E-state index contributed by atoms with van der Waals surface area (Å²) >= 11 is 1.68. The lowest BCUT2D eigenvalue weighted by atomic mass is 10.3. The van der Waals surface area contributed by atoms with Gasteiger partial charge in [-0.15, -0.1) is 11.3 Å². The molecule has 3 nitrogen and oxygen atoms in total. The molecule has 1 rings (SSSR count). The summed E-state index contributed by atoms with van der Waals surface area (Å²) in [7, 11) is 0. The number of nitrogens with zero attached hydrogens (tertiary/aromatic N) is 1. The molecule has 0 radical (unpaired) electrons. The molecule has 0 saturated heterocycles. The van der Waals surface area contributed by atoms with Crippen LogP contribution < -0.4 is 0 Å². The quantitative estimate of drug-likeness (QED) is 0.739. The van der Waals surface area contributed by atoms with Crippen LogP contribution in [-0.4, -0.2) is 41.4 Å². The second kappa shape index (κ2) is 9.12. The van der Waals surface area contributed by atoms with E-state index in [0.29, 0.717) is 6.42 Å². The molecule has 0 unspecified atom stereocenters. The van der Waals surface area contributed by atoms with Crippen LogP contribution in [0.4, 0.5) is 0 Å². The Hall–Kier alpha value is -0.860. The molecule has 4 heteroatoms. The predicted octanol–water partition coefficient (Wildman–Crippen LogP) is 1.69. The molecular weight excluding hydrogens is 246 g/mol. The van der Waals surface area contributed by atoms with Gasteiger partial charge in [0.25, 0.3) is 0 Å². The van der Waals surface area contributed by atoms with Crippen molar-refractivity contribution in [1.82, 2.24) is 4.90 Å². The summed E-state index contributed by atoms with van der Waals surface area (Å²) in [5, 5.41) is 17.7. The Labute approximate surface area is 113 Å². The summed E-state index contributed by atoms with van der Waals surface area (Å²) in [4.78, 5) is 4.56. The van der Waals surface area contributed by atoms with E-state index in [1.54, 1.807) is 11.3 Å². The minimum Gasteiger partial charge on any atom is -0.395 e. The number of hydrogen-bond acceptors (Lipinski definition) is 4. The largest absolute Gasteiger partial charge is 0.395 e. The number of thiophene rings is 1. The van der Waals surface area contributed by atoms with Gasteiger partial charge in [-0.2, -0.15) is 0 Å². The molecule has 0 amide bonds. The molecule has 0 spiro atoms. The Morgan fingerprint density at radius 3 is 2.72 bits per heavy atom. The standard InChI is InChI=1S/C14H21NO2S/c1-2-8-15(9-11-17)12-14-7-6-13(18-14)5-3-4-10-16/h6-7,16-17H,2,4,8-12H2,1H3. The molecule has 0 atom stereocenters. The van der Waals surface area contributed by atoms with E-state index in [9.17, 15) is 0 Å². The number of rotatable bonds is 7. The maximum Gasteiger partial charge on any atom is 0.0771 e. The van der Waals surface area contributed by atoms with Crippen LogP contribution in [0, 0.1) is 11.8 Å². The zero-order valence-corrected chi connectivity index (χ0v) is 11.7. The van der Waals surface area contributed by atoms with Crippen LogP contribution in [0.25, 0.3) is 0 Å². The zero-order chi connectivity index (χ0) is 13.2. The molecule has 1 aromatic rings. The van der Waals surface area contributed by atoms with Crippen molar-refractivity contribution in [2.24, 2.45) is 0 Å². The number of aliphatic hydroxyl groups excluding tert-OH is 2. The molecule has 0 aliphatic carbocycles. The predicted molar refractivity (Wildman–Crippen MR) is 75.6 cm³/mol. The van der Waals surface area contributed by atoms with E-state index < -0.39 is 0 Å². The van der Waals surface area contributed by atoms with Gasteiger partial charge < -0.3 is 10.2 Å². The first-order chi connectivity index (χ1) is 8.80. The van der Waals surface area contributed by atoms with Gasteiger partial charge in [-0.25, -0.2) is 0 Å². The molecule has 18 heavy (non-hydrogen) atoms. The maximum absolute atomic E-state index is 9.01. The van der Waals surface area contributed by atoms with E-state index in [1.807, 2.05) is 6.07 Å². The van der Waals surface area contributed by atoms with Crippen LogP contribution in [0.3, 0.4) is 0 Å². The highest BCUT2D eigenvalue weighted by Crippen LogP contribution is 2.17. The first-order valence-electron chi connectivity index (χ1n) is 6.31. The van der Waals surface area contributed by atoms with E-state index >= 15 is 0 Å². The Morgan fingerprint density at radius 1 is 1.22 bits per heavy atom. The minimum absolute atomic E-state index is 0.117. The Balaban J connectivity index is 2.54. The molecule has 1 aromatic heterocycles. The van der Waals surface area contributed by atoms with Gasteiger partial charge >= 0.3 is 0 Å². The monoisotopic (exact) mass is 267 g/mol. The Kier molecular flexibility index (Phi) is 7.70. The third-order valence-corrected chi connectivity index (χ3v) is 3.43. The zero-order valence-electron chi connectivity index (χ0n) is 10.9. The van der Waals surface area contributed by atoms with Crippen LogP contribution in [-0.2, 0) is 6.54 Å².